The molecule has 0 radical (unpaired) electrons. The van der Waals surface area contributed by atoms with Gasteiger partial charge in [0.2, 0.25) is 0 Å². The van der Waals surface area contributed by atoms with Gasteiger partial charge in [-0.2, -0.15) is 0 Å². The van der Waals surface area contributed by atoms with Crippen molar-refractivity contribution in [3.8, 4) is 5.75 Å². The van der Waals surface area contributed by atoms with E-state index in [0.29, 0.717) is 23.9 Å². The zero-order valence-corrected chi connectivity index (χ0v) is 11.3. The molecule has 0 aliphatic carbocycles. The van der Waals surface area contributed by atoms with E-state index in [9.17, 15) is 9.59 Å². The van der Waals surface area contributed by atoms with Crippen LogP contribution in [-0.2, 0) is 14.3 Å². The molecule has 0 fully saturated rings. The van der Waals surface area contributed by atoms with E-state index in [2.05, 4.69) is 10.0 Å². The second-order valence-corrected chi connectivity index (χ2v) is 3.77. The minimum Gasteiger partial charge on any atom is -0.491 e. The number of aldehydes is 2. The van der Waals surface area contributed by atoms with Crippen molar-refractivity contribution in [2.75, 3.05) is 26.4 Å². The van der Waals surface area contributed by atoms with Crippen molar-refractivity contribution < 1.29 is 23.8 Å². The number of carbonyl (C=O) groups is 2. The van der Waals surface area contributed by atoms with Gasteiger partial charge in [0, 0.05) is 10.5 Å². The molecule has 21 heavy (non-hydrogen) atoms. The summed E-state index contributed by atoms with van der Waals surface area (Å²) >= 11 is 0. The fourth-order valence-electron chi connectivity index (χ4n) is 1.39. The van der Waals surface area contributed by atoms with E-state index in [1.165, 1.54) is 0 Å². The van der Waals surface area contributed by atoms with E-state index >= 15 is 0 Å². The SMILES string of the molecule is [N-]=[N+]=NC(COc1cccc(C=O)c1)OCCOCC=O. The maximum absolute atomic E-state index is 10.6. The number of azide groups is 1. The number of hydrogen-bond acceptors (Lipinski definition) is 6. The van der Waals surface area contributed by atoms with Crippen LogP contribution >= 0.6 is 0 Å². The maximum atomic E-state index is 10.6. The molecule has 0 bridgehead atoms. The number of rotatable bonds is 11. The van der Waals surface area contributed by atoms with Gasteiger partial charge in [0.25, 0.3) is 0 Å². The van der Waals surface area contributed by atoms with Crippen LogP contribution in [0.4, 0.5) is 0 Å². The zero-order valence-electron chi connectivity index (χ0n) is 11.3. The summed E-state index contributed by atoms with van der Waals surface area (Å²) in [6.07, 6.45) is 0.516. The van der Waals surface area contributed by atoms with Gasteiger partial charge in [-0.25, -0.2) is 0 Å². The summed E-state index contributed by atoms with van der Waals surface area (Å²) in [7, 11) is 0. The van der Waals surface area contributed by atoms with Crippen molar-refractivity contribution in [2.24, 2.45) is 5.11 Å². The molecule has 0 saturated heterocycles. The molecule has 1 rings (SSSR count). The minimum absolute atomic E-state index is 0.0000506. The van der Waals surface area contributed by atoms with Crippen molar-refractivity contribution in [2.45, 2.75) is 6.23 Å². The molecule has 1 atom stereocenters. The predicted molar refractivity (Wildman–Crippen MR) is 73.1 cm³/mol. The lowest BCUT2D eigenvalue weighted by atomic mass is 10.2. The van der Waals surface area contributed by atoms with Gasteiger partial charge in [-0.15, -0.1) is 0 Å². The number of nitrogens with zero attached hydrogens (tertiary/aromatic N) is 3. The van der Waals surface area contributed by atoms with Crippen LogP contribution in [-0.4, -0.2) is 45.2 Å². The minimum atomic E-state index is -0.824. The third-order valence-electron chi connectivity index (χ3n) is 2.29. The molecule has 0 aliphatic rings. The second kappa shape index (κ2) is 10.4. The average molecular weight is 293 g/mol. The van der Waals surface area contributed by atoms with Crippen LogP contribution in [0.3, 0.4) is 0 Å². The number of ether oxygens (including phenoxy) is 3. The summed E-state index contributed by atoms with van der Waals surface area (Å²) in [5, 5.41) is 3.44. The zero-order chi connectivity index (χ0) is 15.3. The number of carbonyl (C=O) groups excluding carboxylic acids is 2. The van der Waals surface area contributed by atoms with Crippen LogP contribution in [0.15, 0.2) is 29.4 Å². The van der Waals surface area contributed by atoms with Gasteiger partial charge >= 0.3 is 0 Å². The van der Waals surface area contributed by atoms with Crippen LogP contribution in [0, 0.1) is 0 Å². The molecular formula is C13H15N3O5. The highest BCUT2D eigenvalue weighted by Crippen LogP contribution is 2.13. The molecule has 0 saturated carbocycles. The third-order valence-corrected chi connectivity index (χ3v) is 2.29. The van der Waals surface area contributed by atoms with E-state index in [0.717, 1.165) is 0 Å². The Bertz CT molecular complexity index is 502. The lowest BCUT2D eigenvalue weighted by Crippen LogP contribution is -2.21. The normalized spacial score (nSPS) is 11.2. The van der Waals surface area contributed by atoms with Crippen molar-refractivity contribution >= 4 is 12.6 Å². The summed E-state index contributed by atoms with van der Waals surface area (Å²) in [4.78, 5) is 23.3. The largest absolute Gasteiger partial charge is 0.491 e. The molecule has 0 amide bonds. The molecule has 1 aromatic carbocycles. The maximum Gasteiger partial charge on any atom is 0.170 e. The third kappa shape index (κ3) is 7.07. The molecule has 0 N–H and O–H groups in total. The molecule has 8 nitrogen and oxygen atoms in total. The first-order valence-electron chi connectivity index (χ1n) is 6.15. The standard InChI is InChI=1S/C13H15N3O5/c14-16-15-13(20-7-6-19-5-4-17)10-21-12-3-1-2-11(8-12)9-18/h1-4,8-9,13H,5-7,10H2. The van der Waals surface area contributed by atoms with E-state index in [1.54, 1.807) is 24.3 Å². The molecule has 0 spiro atoms. The van der Waals surface area contributed by atoms with E-state index < -0.39 is 6.23 Å². The van der Waals surface area contributed by atoms with E-state index in [1.807, 2.05) is 0 Å². The summed E-state index contributed by atoms with van der Waals surface area (Å²) in [5.41, 5.74) is 8.94. The average Bonchev–Trinajstić information content (AvgIpc) is 2.52. The molecule has 1 aromatic rings. The summed E-state index contributed by atoms with van der Waals surface area (Å²) in [6.45, 7) is 0.358. The van der Waals surface area contributed by atoms with E-state index in [-0.39, 0.29) is 26.4 Å². The molecule has 0 aromatic heterocycles. The quantitative estimate of drug-likeness (QED) is 0.203. The monoisotopic (exact) mass is 293 g/mol. The van der Waals surface area contributed by atoms with Gasteiger partial charge in [-0.05, 0) is 17.7 Å². The lowest BCUT2D eigenvalue weighted by Gasteiger charge is -2.14. The highest BCUT2D eigenvalue weighted by molar-refractivity contribution is 5.75. The van der Waals surface area contributed by atoms with Crippen LogP contribution in [0.1, 0.15) is 10.4 Å². The van der Waals surface area contributed by atoms with Crippen LogP contribution in [0.5, 0.6) is 5.75 Å². The smallest absolute Gasteiger partial charge is 0.170 e. The van der Waals surface area contributed by atoms with Crippen LogP contribution < -0.4 is 4.74 Å². The highest BCUT2D eigenvalue weighted by Gasteiger charge is 2.08. The Morgan fingerprint density at radius 2 is 2.19 bits per heavy atom. The van der Waals surface area contributed by atoms with Crippen LogP contribution in [0.25, 0.3) is 10.4 Å². The Morgan fingerprint density at radius 1 is 1.33 bits per heavy atom. The Morgan fingerprint density at radius 3 is 2.90 bits per heavy atom. The van der Waals surface area contributed by atoms with Gasteiger partial charge in [0.1, 0.15) is 31.5 Å². The highest BCUT2D eigenvalue weighted by atomic mass is 16.6. The molecule has 0 aliphatic heterocycles. The molecule has 0 heterocycles. The molecule has 112 valence electrons. The van der Waals surface area contributed by atoms with Gasteiger partial charge in [0.05, 0.1) is 13.2 Å². The van der Waals surface area contributed by atoms with Gasteiger partial charge in [-0.3, -0.25) is 4.79 Å². The van der Waals surface area contributed by atoms with Gasteiger partial charge in [-0.1, -0.05) is 17.2 Å². The van der Waals surface area contributed by atoms with Crippen molar-refractivity contribution in [3.05, 3.63) is 40.3 Å². The Balaban J connectivity index is 2.40. The van der Waals surface area contributed by atoms with Crippen molar-refractivity contribution in [3.63, 3.8) is 0 Å². The topological polar surface area (TPSA) is 111 Å². The second-order valence-electron chi connectivity index (χ2n) is 3.77. The van der Waals surface area contributed by atoms with Crippen molar-refractivity contribution in [1.29, 1.82) is 0 Å². The van der Waals surface area contributed by atoms with Gasteiger partial charge < -0.3 is 19.0 Å². The summed E-state index contributed by atoms with van der Waals surface area (Å²) in [5.74, 6) is 0.471. The van der Waals surface area contributed by atoms with Gasteiger partial charge in [0.15, 0.2) is 6.23 Å². The first-order valence-corrected chi connectivity index (χ1v) is 6.15. The summed E-state index contributed by atoms with van der Waals surface area (Å²) in [6, 6.07) is 6.56. The Hall–Kier alpha value is -2.41. The fourth-order valence-corrected chi connectivity index (χ4v) is 1.39. The van der Waals surface area contributed by atoms with Crippen molar-refractivity contribution in [1.82, 2.24) is 0 Å². The number of benzene rings is 1. The van der Waals surface area contributed by atoms with Crippen LogP contribution in [0.2, 0.25) is 0 Å². The predicted octanol–water partition coefficient (Wildman–Crippen LogP) is 1.75. The molecule has 8 heteroatoms. The molecular weight excluding hydrogens is 278 g/mol. The Kier molecular flexibility index (Phi) is 8.23. The van der Waals surface area contributed by atoms with E-state index in [4.69, 9.17) is 19.7 Å². The lowest BCUT2D eigenvalue weighted by molar-refractivity contribution is -0.112. The first-order chi connectivity index (χ1) is 10.3. The first kappa shape index (κ1) is 16.6. The number of hydrogen-bond donors (Lipinski definition) is 0. The molecule has 1 unspecified atom stereocenters. The summed E-state index contributed by atoms with van der Waals surface area (Å²) < 4.78 is 15.5. The fraction of sp³-hybridized carbons (Fsp3) is 0.385. The Labute approximate surface area is 121 Å².